The highest BCUT2D eigenvalue weighted by Gasteiger charge is 2.21. The van der Waals surface area contributed by atoms with Gasteiger partial charge in [0, 0.05) is 22.6 Å². The molecule has 0 spiro atoms. The van der Waals surface area contributed by atoms with E-state index in [1.807, 2.05) is 36.4 Å². The summed E-state index contributed by atoms with van der Waals surface area (Å²) in [5.41, 5.74) is 1.89. The lowest BCUT2D eigenvalue weighted by Gasteiger charge is -2.11. The van der Waals surface area contributed by atoms with Gasteiger partial charge < -0.3 is 23.9 Å². The number of esters is 1. The molecule has 8 nitrogen and oxygen atoms in total. The van der Waals surface area contributed by atoms with Crippen molar-refractivity contribution in [1.29, 1.82) is 0 Å². The van der Waals surface area contributed by atoms with Gasteiger partial charge in [0.2, 0.25) is 6.79 Å². The van der Waals surface area contributed by atoms with Crippen molar-refractivity contribution in [3.63, 3.8) is 0 Å². The molecule has 0 saturated carbocycles. The molecular formula is C25H19NO7. The number of Topliss-reactive ketones (excluding diaryl/α,β-unsaturated/α-hetero) is 1. The number of carbonyl (C=O) groups is 3. The molecule has 1 amide bonds. The topological polar surface area (TPSA) is 104 Å². The molecule has 5 rings (SSSR count). The molecule has 0 radical (unpaired) electrons. The lowest BCUT2D eigenvalue weighted by Crippen LogP contribution is -2.22. The summed E-state index contributed by atoms with van der Waals surface area (Å²) in [4.78, 5) is 36.8. The van der Waals surface area contributed by atoms with Gasteiger partial charge in [-0.1, -0.05) is 30.3 Å². The third kappa shape index (κ3) is 3.98. The van der Waals surface area contributed by atoms with Crippen LogP contribution in [0.15, 0.2) is 59.2 Å². The van der Waals surface area contributed by atoms with Gasteiger partial charge in [0.25, 0.3) is 5.91 Å². The van der Waals surface area contributed by atoms with Crippen molar-refractivity contribution in [3.8, 4) is 11.5 Å². The maximum absolute atomic E-state index is 12.4. The Balaban J connectivity index is 1.26. The molecule has 1 aromatic heterocycles. The highest BCUT2D eigenvalue weighted by molar-refractivity contribution is 6.08. The van der Waals surface area contributed by atoms with E-state index in [4.69, 9.17) is 18.6 Å². The molecule has 33 heavy (non-hydrogen) atoms. The summed E-state index contributed by atoms with van der Waals surface area (Å²) in [5, 5.41) is 5.46. The highest BCUT2D eigenvalue weighted by Crippen LogP contribution is 2.37. The Morgan fingerprint density at radius 1 is 1.03 bits per heavy atom. The van der Waals surface area contributed by atoms with Gasteiger partial charge in [-0.15, -0.1) is 0 Å². The van der Waals surface area contributed by atoms with Crippen LogP contribution in [0.1, 0.15) is 22.8 Å². The van der Waals surface area contributed by atoms with Crippen LogP contribution >= 0.6 is 0 Å². The van der Waals surface area contributed by atoms with E-state index < -0.39 is 18.5 Å². The standard InChI is InChI=1S/C25H19NO7/c1-14(27)18-9-21-22(33-13-32-21)10-19(18)26-23(28)12-31-24(29)8-16-11-30-20-7-6-15-4-2-3-5-17(15)25(16)20/h2-7,9-11H,8,12-13H2,1H3,(H,26,28). The first-order valence-corrected chi connectivity index (χ1v) is 10.3. The number of anilines is 1. The average Bonchev–Trinajstić information content (AvgIpc) is 3.43. The van der Waals surface area contributed by atoms with E-state index in [0.717, 1.165) is 16.2 Å². The number of amides is 1. The number of benzene rings is 3. The van der Waals surface area contributed by atoms with Gasteiger partial charge in [0.1, 0.15) is 5.58 Å². The normalized spacial score (nSPS) is 12.2. The highest BCUT2D eigenvalue weighted by atomic mass is 16.7. The maximum atomic E-state index is 12.4. The van der Waals surface area contributed by atoms with Crippen LogP contribution in [-0.2, 0) is 20.7 Å². The molecule has 0 saturated heterocycles. The first-order valence-electron chi connectivity index (χ1n) is 10.3. The third-order valence-electron chi connectivity index (χ3n) is 5.41. The number of hydrogen-bond donors (Lipinski definition) is 1. The van der Waals surface area contributed by atoms with Crippen LogP contribution in [0.25, 0.3) is 21.7 Å². The fourth-order valence-corrected chi connectivity index (χ4v) is 3.88. The molecule has 0 fully saturated rings. The smallest absolute Gasteiger partial charge is 0.310 e. The van der Waals surface area contributed by atoms with Crippen molar-refractivity contribution < 1.29 is 33.0 Å². The minimum absolute atomic E-state index is 0.0413. The van der Waals surface area contributed by atoms with Crippen molar-refractivity contribution in [2.45, 2.75) is 13.3 Å². The Kier molecular flexibility index (Phi) is 5.18. The van der Waals surface area contributed by atoms with Crippen LogP contribution in [0.4, 0.5) is 5.69 Å². The second-order valence-electron chi connectivity index (χ2n) is 7.61. The summed E-state index contributed by atoms with van der Waals surface area (Å²) >= 11 is 0. The monoisotopic (exact) mass is 445 g/mol. The number of ether oxygens (including phenoxy) is 3. The predicted molar refractivity (Wildman–Crippen MR) is 120 cm³/mol. The maximum Gasteiger partial charge on any atom is 0.310 e. The molecule has 0 bridgehead atoms. The fraction of sp³-hybridized carbons (Fsp3) is 0.160. The molecule has 1 N–H and O–H groups in total. The number of rotatable bonds is 6. The van der Waals surface area contributed by atoms with Crippen LogP contribution in [0, 0.1) is 0 Å². The Morgan fingerprint density at radius 2 is 1.82 bits per heavy atom. The van der Waals surface area contributed by atoms with E-state index in [-0.39, 0.29) is 30.2 Å². The molecule has 0 aliphatic carbocycles. The van der Waals surface area contributed by atoms with Gasteiger partial charge in [-0.3, -0.25) is 14.4 Å². The van der Waals surface area contributed by atoms with Gasteiger partial charge in [0.05, 0.1) is 18.4 Å². The molecule has 4 aromatic rings. The molecule has 0 unspecified atom stereocenters. The molecule has 2 heterocycles. The Bertz CT molecular complexity index is 1420. The van der Waals surface area contributed by atoms with E-state index in [1.165, 1.54) is 25.3 Å². The number of hydrogen-bond acceptors (Lipinski definition) is 7. The van der Waals surface area contributed by atoms with E-state index >= 15 is 0 Å². The van der Waals surface area contributed by atoms with Crippen LogP contribution in [-0.4, -0.2) is 31.1 Å². The SMILES string of the molecule is CC(=O)c1cc2c(cc1NC(=O)COC(=O)Cc1coc3ccc4ccccc4c13)OCO2. The zero-order valence-corrected chi connectivity index (χ0v) is 17.7. The average molecular weight is 445 g/mol. The van der Waals surface area contributed by atoms with E-state index in [1.54, 1.807) is 0 Å². The summed E-state index contributed by atoms with van der Waals surface area (Å²) < 4.78 is 21.3. The second kappa shape index (κ2) is 8.31. The Labute approximate surface area is 188 Å². The Hall–Kier alpha value is -4.33. The molecule has 166 valence electrons. The first-order chi connectivity index (χ1) is 16.0. The zero-order chi connectivity index (χ0) is 22.9. The number of furan rings is 1. The summed E-state index contributed by atoms with van der Waals surface area (Å²) in [6.07, 6.45) is 1.49. The van der Waals surface area contributed by atoms with Crippen molar-refractivity contribution in [2.24, 2.45) is 0 Å². The van der Waals surface area contributed by atoms with Crippen molar-refractivity contribution in [3.05, 3.63) is 65.9 Å². The minimum Gasteiger partial charge on any atom is -0.464 e. The van der Waals surface area contributed by atoms with E-state index in [0.29, 0.717) is 22.6 Å². The van der Waals surface area contributed by atoms with Crippen LogP contribution < -0.4 is 14.8 Å². The summed E-state index contributed by atoms with van der Waals surface area (Å²) in [7, 11) is 0. The van der Waals surface area contributed by atoms with Crippen LogP contribution in [0.3, 0.4) is 0 Å². The number of carbonyl (C=O) groups excluding carboxylic acids is 3. The fourth-order valence-electron chi connectivity index (χ4n) is 3.88. The number of fused-ring (bicyclic) bond motifs is 4. The predicted octanol–water partition coefficient (Wildman–Crippen LogP) is 4.24. The number of nitrogens with one attached hydrogen (secondary N) is 1. The Morgan fingerprint density at radius 3 is 2.64 bits per heavy atom. The van der Waals surface area contributed by atoms with Crippen molar-refractivity contribution in [2.75, 3.05) is 18.7 Å². The lowest BCUT2D eigenvalue weighted by atomic mass is 10.0. The van der Waals surface area contributed by atoms with Gasteiger partial charge in [0.15, 0.2) is 23.9 Å². The minimum atomic E-state index is -0.577. The zero-order valence-electron chi connectivity index (χ0n) is 17.7. The van der Waals surface area contributed by atoms with E-state index in [2.05, 4.69) is 5.32 Å². The van der Waals surface area contributed by atoms with Gasteiger partial charge >= 0.3 is 5.97 Å². The van der Waals surface area contributed by atoms with Crippen LogP contribution in [0.5, 0.6) is 11.5 Å². The molecule has 1 aliphatic rings. The van der Waals surface area contributed by atoms with Crippen LogP contribution in [0.2, 0.25) is 0 Å². The molecular weight excluding hydrogens is 426 g/mol. The summed E-state index contributed by atoms with van der Waals surface area (Å²) in [6.45, 7) is 0.924. The first kappa shape index (κ1) is 20.6. The quantitative estimate of drug-likeness (QED) is 0.350. The van der Waals surface area contributed by atoms with Gasteiger partial charge in [-0.05, 0) is 29.8 Å². The third-order valence-corrected chi connectivity index (χ3v) is 5.41. The van der Waals surface area contributed by atoms with Crippen molar-refractivity contribution in [1.82, 2.24) is 0 Å². The van der Waals surface area contributed by atoms with Gasteiger partial charge in [-0.25, -0.2) is 0 Å². The summed E-state index contributed by atoms with van der Waals surface area (Å²) in [5.74, 6) is -0.541. The molecule has 1 aliphatic heterocycles. The molecule has 3 aromatic carbocycles. The molecule has 8 heteroatoms. The van der Waals surface area contributed by atoms with E-state index in [9.17, 15) is 14.4 Å². The van der Waals surface area contributed by atoms with Crippen molar-refractivity contribution >= 4 is 45.1 Å². The second-order valence-corrected chi connectivity index (χ2v) is 7.61. The largest absolute Gasteiger partial charge is 0.464 e. The van der Waals surface area contributed by atoms with Gasteiger partial charge in [-0.2, -0.15) is 0 Å². The lowest BCUT2D eigenvalue weighted by molar-refractivity contribution is -0.146. The molecule has 0 atom stereocenters. The summed E-state index contributed by atoms with van der Waals surface area (Å²) in [6, 6.07) is 14.7. The number of ketones is 1.